The zero-order valence-electron chi connectivity index (χ0n) is 20.5. The topological polar surface area (TPSA) is 110 Å². The predicted octanol–water partition coefficient (Wildman–Crippen LogP) is 6.40. The number of carbonyl (C=O) groups is 2. The lowest BCUT2D eigenvalue weighted by Gasteiger charge is -2.03. The Morgan fingerprint density at radius 3 is 1.47 bits per heavy atom. The van der Waals surface area contributed by atoms with Gasteiger partial charge >= 0.3 is 0 Å². The van der Waals surface area contributed by atoms with Crippen LogP contribution >= 0.6 is 45.9 Å². The van der Waals surface area contributed by atoms with Crippen molar-refractivity contribution in [3.05, 3.63) is 79.7 Å². The van der Waals surface area contributed by atoms with Crippen LogP contribution in [-0.4, -0.2) is 32.2 Å². The third kappa shape index (κ3) is 8.83. The molecule has 0 bridgehead atoms. The molecule has 0 aliphatic carbocycles. The van der Waals surface area contributed by atoms with Crippen LogP contribution in [0.3, 0.4) is 0 Å². The first-order valence-electron chi connectivity index (χ1n) is 12.2. The van der Waals surface area contributed by atoms with E-state index in [2.05, 4.69) is 31.0 Å². The first-order chi connectivity index (χ1) is 18.5. The van der Waals surface area contributed by atoms with Crippen LogP contribution < -0.4 is 10.6 Å². The molecular weight excluding hydrogens is 563 g/mol. The molecule has 0 unspecified atom stereocenters. The summed E-state index contributed by atoms with van der Waals surface area (Å²) in [6.45, 7) is 0. The Morgan fingerprint density at radius 1 is 0.632 bits per heavy atom. The summed E-state index contributed by atoms with van der Waals surface area (Å²) in [4.78, 5) is 24.5. The smallest absolute Gasteiger partial charge is 0.226 e. The van der Waals surface area contributed by atoms with Crippen molar-refractivity contribution in [2.24, 2.45) is 0 Å². The Kier molecular flexibility index (Phi) is 10.6. The maximum Gasteiger partial charge on any atom is 0.226 e. The van der Waals surface area contributed by atoms with Gasteiger partial charge in [0.1, 0.15) is 10.0 Å². The number of nitrogens with zero attached hydrogens (tertiary/aromatic N) is 4. The van der Waals surface area contributed by atoms with Crippen molar-refractivity contribution in [1.29, 1.82) is 0 Å². The molecule has 198 valence electrons. The highest BCUT2D eigenvalue weighted by Crippen LogP contribution is 2.22. The number of carbonyl (C=O) groups excluding carboxylic acids is 2. The molecule has 4 aromatic rings. The van der Waals surface area contributed by atoms with Crippen LogP contribution in [0.4, 0.5) is 10.3 Å². The molecule has 8 nitrogen and oxygen atoms in total. The van der Waals surface area contributed by atoms with E-state index < -0.39 is 0 Å². The van der Waals surface area contributed by atoms with Gasteiger partial charge in [0, 0.05) is 35.7 Å². The molecular formula is C26H26Cl2N6O2S2. The summed E-state index contributed by atoms with van der Waals surface area (Å²) in [7, 11) is 0. The van der Waals surface area contributed by atoms with E-state index in [0.29, 0.717) is 46.0 Å². The predicted molar refractivity (Wildman–Crippen MR) is 153 cm³/mol. The molecule has 38 heavy (non-hydrogen) atoms. The fourth-order valence-electron chi connectivity index (χ4n) is 3.62. The van der Waals surface area contributed by atoms with Gasteiger partial charge in [-0.05, 0) is 48.9 Å². The van der Waals surface area contributed by atoms with Gasteiger partial charge in [0.2, 0.25) is 22.1 Å². The quantitative estimate of drug-likeness (QED) is 0.175. The molecule has 0 saturated carbocycles. The first-order valence-corrected chi connectivity index (χ1v) is 14.6. The van der Waals surface area contributed by atoms with Gasteiger partial charge in [-0.2, -0.15) is 0 Å². The number of amides is 2. The molecule has 2 heterocycles. The maximum absolute atomic E-state index is 12.2. The van der Waals surface area contributed by atoms with Crippen LogP contribution in [0, 0.1) is 0 Å². The molecule has 0 radical (unpaired) electrons. The van der Waals surface area contributed by atoms with E-state index in [1.807, 2.05) is 48.5 Å². The summed E-state index contributed by atoms with van der Waals surface area (Å²) in [6.07, 6.45) is 5.10. The van der Waals surface area contributed by atoms with Crippen molar-refractivity contribution in [3.8, 4) is 0 Å². The van der Waals surface area contributed by atoms with Gasteiger partial charge in [-0.15, -0.1) is 20.4 Å². The molecule has 12 heteroatoms. The minimum atomic E-state index is -0.115. The number of anilines is 2. The molecule has 0 aliphatic heterocycles. The van der Waals surface area contributed by atoms with Gasteiger partial charge < -0.3 is 10.6 Å². The van der Waals surface area contributed by atoms with Crippen molar-refractivity contribution in [2.45, 2.75) is 51.4 Å². The van der Waals surface area contributed by atoms with E-state index in [0.717, 1.165) is 46.8 Å². The maximum atomic E-state index is 12.2. The van der Waals surface area contributed by atoms with Gasteiger partial charge in [0.15, 0.2) is 0 Å². The van der Waals surface area contributed by atoms with Crippen molar-refractivity contribution in [2.75, 3.05) is 10.6 Å². The van der Waals surface area contributed by atoms with Gasteiger partial charge in [-0.25, -0.2) is 0 Å². The largest absolute Gasteiger partial charge is 0.301 e. The van der Waals surface area contributed by atoms with Crippen molar-refractivity contribution >= 4 is 68.0 Å². The average Bonchev–Trinajstić information content (AvgIpc) is 3.55. The average molecular weight is 590 g/mol. The van der Waals surface area contributed by atoms with E-state index in [1.54, 1.807) is 0 Å². The van der Waals surface area contributed by atoms with E-state index in [9.17, 15) is 9.59 Å². The third-order valence-corrected chi connectivity index (χ3v) is 8.15. The molecule has 0 fully saturated rings. The number of hydrogen-bond acceptors (Lipinski definition) is 8. The fraction of sp³-hybridized carbons (Fsp3) is 0.308. The van der Waals surface area contributed by atoms with Gasteiger partial charge in [0.05, 0.1) is 0 Å². The Bertz CT molecular complexity index is 1270. The Hall–Kier alpha value is -2.92. The number of unbranched alkanes of at least 4 members (excludes halogenated alkanes) is 1. The molecule has 2 amide bonds. The highest BCUT2D eigenvalue weighted by atomic mass is 35.5. The monoisotopic (exact) mass is 588 g/mol. The standard InChI is InChI=1S/C26H26Cl2N6O2S2/c27-19-9-3-1-7-17(19)13-15-21(35)29-25-33-31-23(37-25)11-5-6-12-24-32-34-26(38-24)30-22(36)16-14-18-8-2-4-10-20(18)28/h1-4,7-10H,5-6,11-16H2,(H,29,33,35)(H,30,34,36). The summed E-state index contributed by atoms with van der Waals surface area (Å²) in [5, 5.41) is 26.2. The SMILES string of the molecule is O=C(CCc1ccccc1Cl)Nc1nnc(CCCCc2nnc(NC(=O)CCc3ccccc3Cl)s2)s1. The van der Waals surface area contributed by atoms with Crippen molar-refractivity contribution in [1.82, 2.24) is 20.4 Å². The van der Waals surface area contributed by atoms with Crippen LogP contribution in [0.15, 0.2) is 48.5 Å². The number of aryl methyl sites for hydroxylation is 4. The molecule has 2 aromatic heterocycles. The van der Waals surface area contributed by atoms with Crippen molar-refractivity contribution in [3.63, 3.8) is 0 Å². The van der Waals surface area contributed by atoms with Crippen LogP contribution in [0.25, 0.3) is 0 Å². The number of aromatic nitrogens is 4. The minimum Gasteiger partial charge on any atom is -0.301 e. The summed E-state index contributed by atoms with van der Waals surface area (Å²) < 4.78 is 0. The van der Waals surface area contributed by atoms with E-state index in [4.69, 9.17) is 23.2 Å². The van der Waals surface area contributed by atoms with Crippen LogP contribution in [0.5, 0.6) is 0 Å². The molecule has 0 aliphatic rings. The lowest BCUT2D eigenvalue weighted by Crippen LogP contribution is -2.12. The number of rotatable bonds is 13. The fourth-order valence-corrected chi connectivity index (χ4v) is 5.68. The molecule has 4 rings (SSSR count). The minimum absolute atomic E-state index is 0.115. The van der Waals surface area contributed by atoms with Crippen LogP contribution in [-0.2, 0) is 35.3 Å². The van der Waals surface area contributed by atoms with Crippen LogP contribution in [0.2, 0.25) is 10.0 Å². The Balaban J connectivity index is 1.12. The van der Waals surface area contributed by atoms with Gasteiger partial charge in [-0.3, -0.25) is 9.59 Å². The molecule has 2 aromatic carbocycles. The number of hydrogen-bond donors (Lipinski definition) is 2. The summed E-state index contributed by atoms with van der Waals surface area (Å²) in [6, 6.07) is 15.0. The van der Waals surface area contributed by atoms with Gasteiger partial charge in [-0.1, -0.05) is 82.3 Å². The molecule has 0 saturated heterocycles. The number of nitrogens with one attached hydrogen (secondary N) is 2. The van der Waals surface area contributed by atoms with E-state index in [1.165, 1.54) is 22.7 Å². The number of benzene rings is 2. The van der Waals surface area contributed by atoms with Crippen LogP contribution in [0.1, 0.15) is 46.8 Å². The van der Waals surface area contributed by atoms with E-state index in [-0.39, 0.29) is 11.8 Å². The second kappa shape index (κ2) is 14.3. The first kappa shape index (κ1) is 28.1. The Morgan fingerprint density at radius 2 is 1.05 bits per heavy atom. The zero-order chi connectivity index (χ0) is 26.7. The third-order valence-electron chi connectivity index (χ3n) is 5.62. The molecule has 2 N–H and O–H groups in total. The normalized spacial score (nSPS) is 10.9. The Labute approximate surface area is 238 Å². The highest BCUT2D eigenvalue weighted by molar-refractivity contribution is 7.15. The number of halogens is 2. The highest BCUT2D eigenvalue weighted by Gasteiger charge is 2.12. The second-order valence-corrected chi connectivity index (χ2v) is 11.4. The van der Waals surface area contributed by atoms with Crippen molar-refractivity contribution < 1.29 is 9.59 Å². The van der Waals surface area contributed by atoms with E-state index >= 15 is 0 Å². The summed E-state index contributed by atoms with van der Waals surface area (Å²) in [5.41, 5.74) is 1.89. The molecule has 0 atom stereocenters. The summed E-state index contributed by atoms with van der Waals surface area (Å²) >= 11 is 15.1. The van der Waals surface area contributed by atoms with Gasteiger partial charge in [0.25, 0.3) is 0 Å². The molecule has 0 spiro atoms. The zero-order valence-corrected chi connectivity index (χ0v) is 23.6. The lowest BCUT2D eigenvalue weighted by atomic mass is 10.1. The summed E-state index contributed by atoms with van der Waals surface area (Å²) in [5.74, 6) is -0.230. The second-order valence-electron chi connectivity index (χ2n) is 8.49. The lowest BCUT2D eigenvalue weighted by molar-refractivity contribution is -0.117.